The number of carbonyl (C=O) groups excluding carboxylic acids is 1. The summed E-state index contributed by atoms with van der Waals surface area (Å²) >= 11 is 0. The van der Waals surface area contributed by atoms with Crippen LogP contribution in [0.15, 0.2) is 41.6 Å². The van der Waals surface area contributed by atoms with Gasteiger partial charge in [-0.3, -0.25) is 4.79 Å². The van der Waals surface area contributed by atoms with Gasteiger partial charge >= 0.3 is 0 Å². The molecule has 1 aliphatic rings. The minimum Gasteiger partial charge on any atom is -0.493 e. The average Bonchev–Trinajstić information content (AvgIpc) is 3.19. The second-order valence-corrected chi connectivity index (χ2v) is 6.37. The molecule has 0 aliphatic carbocycles. The Bertz CT molecular complexity index is 880. The largest absolute Gasteiger partial charge is 0.493 e. The summed E-state index contributed by atoms with van der Waals surface area (Å²) in [7, 11) is 4.64. The number of rotatable bonds is 8. The molecule has 0 radical (unpaired) electrons. The fraction of sp³-hybridized carbons (Fsp3) is 0.333. The van der Waals surface area contributed by atoms with Crippen molar-refractivity contribution in [3.05, 3.63) is 53.1 Å². The van der Waals surface area contributed by atoms with Crippen molar-refractivity contribution < 1.29 is 19.1 Å². The van der Waals surface area contributed by atoms with Crippen LogP contribution in [0.3, 0.4) is 0 Å². The molecule has 0 bridgehead atoms. The van der Waals surface area contributed by atoms with E-state index in [1.165, 1.54) is 12.7 Å². The molecule has 0 atom stereocenters. The van der Waals surface area contributed by atoms with E-state index in [1.54, 1.807) is 14.2 Å². The van der Waals surface area contributed by atoms with Gasteiger partial charge in [-0.2, -0.15) is 0 Å². The number of fused-ring (bicyclic) bond motifs is 1. The quantitative estimate of drug-likeness (QED) is 0.540. The maximum absolute atomic E-state index is 12.7. The van der Waals surface area contributed by atoms with E-state index in [0.717, 1.165) is 29.8 Å². The predicted octanol–water partition coefficient (Wildman–Crippen LogP) is 2.38. The summed E-state index contributed by atoms with van der Waals surface area (Å²) in [4.78, 5) is 17.6. The van der Waals surface area contributed by atoms with Crippen LogP contribution in [0.4, 0.5) is 5.69 Å². The highest BCUT2D eigenvalue weighted by atomic mass is 16.6. The zero-order valence-electron chi connectivity index (χ0n) is 16.4. The van der Waals surface area contributed by atoms with Gasteiger partial charge < -0.3 is 24.9 Å². The molecule has 3 rings (SSSR count). The number of nitrogens with zero attached hydrogens (tertiary/aromatic N) is 1. The molecule has 0 spiro atoms. The molecule has 1 amide bonds. The molecule has 2 aromatic rings. The zero-order chi connectivity index (χ0) is 19.9. The van der Waals surface area contributed by atoms with Gasteiger partial charge in [0.15, 0.2) is 17.2 Å². The summed E-state index contributed by atoms with van der Waals surface area (Å²) in [6.07, 6.45) is 1.59. The monoisotopic (exact) mass is 383 g/mol. The molecule has 2 aromatic carbocycles. The van der Waals surface area contributed by atoms with E-state index in [9.17, 15) is 4.79 Å². The topological polar surface area (TPSA) is 81.2 Å². The molecule has 7 nitrogen and oxygen atoms in total. The van der Waals surface area contributed by atoms with E-state index >= 15 is 0 Å². The van der Waals surface area contributed by atoms with Crippen molar-refractivity contribution in [1.29, 1.82) is 0 Å². The summed E-state index contributed by atoms with van der Waals surface area (Å²) in [5.74, 6) is 1.07. The Labute approximate surface area is 164 Å². The Morgan fingerprint density at radius 3 is 2.68 bits per heavy atom. The van der Waals surface area contributed by atoms with Crippen LogP contribution in [0, 0.1) is 0 Å². The van der Waals surface area contributed by atoms with Crippen molar-refractivity contribution in [3.8, 4) is 11.5 Å². The lowest BCUT2D eigenvalue weighted by molar-refractivity contribution is -0.114. The van der Waals surface area contributed by atoms with Crippen LogP contribution in [0.5, 0.6) is 11.5 Å². The molecule has 0 saturated heterocycles. The first-order valence-corrected chi connectivity index (χ1v) is 9.13. The number of benzene rings is 2. The summed E-state index contributed by atoms with van der Waals surface area (Å²) in [6, 6.07) is 11.5. The lowest BCUT2D eigenvalue weighted by Gasteiger charge is -2.11. The van der Waals surface area contributed by atoms with E-state index in [2.05, 4.69) is 15.8 Å². The Hall–Kier alpha value is -3.22. The summed E-state index contributed by atoms with van der Waals surface area (Å²) in [5, 5.41) is 10.2. The van der Waals surface area contributed by atoms with Gasteiger partial charge in [0, 0.05) is 24.3 Å². The van der Waals surface area contributed by atoms with Crippen LogP contribution < -0.4 is 20.1 Å². The molecule has 148 valence electrons. The van der Waals surface area contributed by atoms with Crippen molar-refractivity contribution in [2.24, 2.45) is 5.16 Å². The first-order valence-electron chi connectivity index (χ1n) is 9.13. The van der Waals surface area contributed by atoms with Crippen LogP contribution in [0.25, 0.3) is 0 Å². The molecule has 2 N–H and O–H groups in total. The second kappa shape index (κ2) is 9.12. The molecule has 28 heavy (non-hydrogen) atoms. The molecule has 0 saturated carbocycles. The van der Waals surface area contributed by atoms with E-state index in [-0.39, 0.29) is 11.6 Å². The van der Waals surface area contributed by atoms with Gasteiger partial charge in [0.25, 0.3) is 5.91 Å². The number of oxime groups is 1. The molecular weight excluding hydrogens is 358 g/mol. The third-order valence-corrected chi connectivity index (χ3v) is 4.63. The Morgan fingerprint density at radius 2 is 1.93 bits per heavy atom. The standard InChI is InChI=1S/C21H25N3O4/c1-26-18-7-4-14(12-19(18)27-2)8-10-23-21(25)20(24-28-3)16-5-6-17-15(13-16)9-11-22-17/h4-7,12-13,22H,8-11H2,1-3H3,(H,23,25). The number of anilines is 1. The van der Waals surface area contributed by atoms with Crippen molar-refractivity contribution in [3.63, 3.8) is 0 Å². The molecule has 7 heteroatoms. The highest BCUT2D eigenvalue weighted by molar-refractivity contribution is 6.45. The smallest absolute Gasteiger partial charge is 0.273 e. The highest BCUT2D eigenvalue weighted by Gasteiger charge is 2.18. The zero-order valence-corrected chi connectivity index (χ0v) is 16.4. The van der Waals surface area contributed by atoms with Gasteiger partial charge in [-0.1, -0.05) is 17.3 Å². The van der Waals surface area contributed by atoms with E-state index in [1.807, 2.05) is 36.4 Å². The summed E-state index contributed by atoms with van der Waals surface area (Å²) in [5.41, 5.74) is 4.33. The van der Waals surface area contributed by atoms with Crippen molar-refractivity contribution in [1.82, 2.24) is 5.32 Å². The number of methoxy groups -OCH3 is 2. The Balaban J connectivity index is 1.64. The van der Waals surface area contributed by atoms with Crippen LogP contribution in [0.1, 0.15) is 16.7 Å². The number of ether oxygens (including phenoxy) is 2. The maximum Gasteiger partial charge on any atom is 0.273 e. The van der Waals surface area contributed by atoms with Gasteiger partial charge in [0.2, 0.25) is 0 Å². The minimum absolute atomic E-state index is 0.268. The van der Waals surface area contributed by atoms with Crippen molar-refractivity contribution >= 4 is 17.3 Å². The molecule has 1 heterocycles. The average molecular weight is 383 g/mol. The number of hydrogen-bond donors (Lipinski definition) is 2. The molecule has 1 aliphatic heterocycles. The maximum atomic E-state index is 12.7. The third kappa shape index (κ3) is 4.36. The Morgan fingerprint density at radius 1 is 1.11 bits per heavy atom. The number of hydrogen-bond acceptors (Lipinski definition) is 6. The predicted molar refractivity (Wildman–Crippen MR) is 108 cm³/mol. The highest BCUT2D eigenvalue weighted by Crippen LogP contribution is 2.27. The fourth-order valence-electron chi connectivity index (χ4n) is 3.21. The van der Waals surface area contributed by atoms with Gasteiger partial charge in [-0.15, -0.1) is 0 Å². The molecule has 0 unspecified atom stereocenters. The van der Waals surface area contributed by atoms with Crippen molar-refractivity contribution in [2.75, 3.05) is 39.7 Å². The first-order chi connectivity index (χ1) is 13.7. The Kier molecular flexibility index (Phi) is 6.37. The van der Waals surface area contributed by atoms with E-state index in [4.69, 9.17) is 14.3 Å². The SMILES string of the molecule is CON=C(C(=O)NCCc1ccc(OC)c(OC)c1)c1ccc2c(c1)CCN2. The fourth-order valence-corrected chi connectivity index (χ4v) is 3.21. The number of amides is 1. The number of nitrogens with one attached hydrogen (secondary N) is 2. The van der Waals surface area contributed by atoms with Gasteiger partial charge in [0.05, 0.1) is 14.2 Å². The summed E-state index contributed by atoms with van der Waals surface area (Å²) < 4.78 is 10.6. The van der Waals surface area contributed by atoms with Crippen LogP contribution in [-0.2, 0) is 22.5 Å². The lowest BCUT2D eigenvalue weighted by atomic mass is 10.0. The molecular formula is C21H25N3O4. The number of carbonyl (C=O) groups is 1. The third-order valence-electron chi connectivity index (χ3n) is 4.63. The van der Waals surface area contributed by atoms with Crippen LogP contribution >= 0.6 is 0 Å². The normalized spacial score (nSPS) is 12.8. The van der Waals surface area contributed by atoms with Crippen molar-refractivity contribution in [2.45, 2.75) is 12.8 Å². The van der Waals surface area contributed by atoms with Gasteiger partial charge in [-0.05, 0) is 48.2 Å². The lowest BCUT2D eigenvalue weighted by Crippen LogP contribution is -2.33. The second-order valence-electron chi connectivity index (χ2n) is 6.37. The minimum atomic E-state index is -0.270. The molecule has 0 fully saturated rings. The van der Waals surface area contributed by atoms with E-state index < -0.39 is 0 Å². The first kappa shape index (κ1) is 19.5. The van der Waals surface area contributed by atoms with Crippen LogP contribution in [-0.4, -0.2) is 46.0 Å². The van der Waals surface area contributed by atoms with Gasteiger partial charge in [-0.25, -0.2) is 0 Å². The van der Waals surface area contributed by atoms with E-state index in [0.29, 0.717) is 24.5 Å². The molecule has 0 aromatic heterocycles. The van der Waals surface area contributed by atoms with Crippen LogP contribution in [0.2, 0.25) is 0 Å². The summed E-state index contributed by atoms with van der Waals surface area (Å²) in [6.45, 7) is 1.37. The van der Waals surface area contributed by atoms with Gasteiger partial charge in [0.1, 0.15) is 7.11 Å².